The van der Waals surface area contributed by atoms with Gasteiger partial charge in [0.2, 0.25) is 5.89 Å². The van der Waals surface area contributed by atoms with E-state index in [0.29, 0.717) is 18.1 Å². The third-order valence-electron chi connectivity index (χ3n) is 4.09. The fourth-order valence-corrected chi connectivity index (χ4v) is 2.92. The molecule has 1 fully saturated rings. The van der Waals surface area contributed by atoms with Gasteiger partial charge >= 0.3 is 0 Å². The number of aromatic nitrogens is 4. The predicted molar refractivity (Wildman–Crippen MR) is 82.7 cm³/mol. The van der Waals surface area contributed by atoms with Crippen molar-refractivity contribution >= 4 is 5.91 Å². The number of hydrogen-bond donors (Lipinski definition) is 1. The Labute approximate surface area is 134 Å². The van der Waals surface area contributed by atoms with Crippen molar-refractivity contribution in [2.75, 3.05) is 13.1 Å². The van der Waals surface area contributed by atoms with Gasteiger partial charge in [0.15, 0.2) is 5.82 Å². The van der Waals surface area contributed by atoms with E-state index in [1.54, 1.807) is 18.7 Å². The lowest BCUT2D eigenvalue weighted by atomic mass is 10.0. The highest BCUT2D eigenvalue weighted by Crippen LogP contribution is 2.13. The van der Waals surface area contributed by atoms with Gasteiger partial charge in [-0.1, -0.05) is 5.16 Å². The van der Waals surface area contributed by atoms with E-state index in [-0.39, 0.29) is 11.9 Å². The average molecular weight is 318 g/mol. The Morgan fingerprint density at radius 3 is 2.70 bits per heavy atom. The van der Waals surface area contributed by atoms with Gasteiger partial charge in [-0.15, -0.1) is 0 Å². The molecule has 0 radical (unpaired) electrons. The molecule has 1 aliphatic rings. The molecule has 3 rings (SSSR count). The molecule has 2 aromatic rings. The summed E-state index contributed by atoms with van der Waals surface area (Å²) in [6.45, 7) is 6.18. The number of rotatable bonds is 4. The largest absolute Gasteiger partial charge is 0.348 e. The van der Waals surface area contributed by atoms with E-state index >= 15 is 0 Å². The molecule has 0 aliphatic carbocycles. The van der Waals surface area contributed by atoms with Crippen LogP contribution in [0.5, 0.6) is 0 Å². The molecular formula is C15H22N6O2. The van der Waals surface area contributed by atoms with Crippen LogP contribution < -0.4 is 5.32 Å². The Morgan fingerprint density at radius 2 is 2.13 bits per heavy atom. The first-order valence-electron chi connectivity index (χ1n) is 7.84. The van der Waals surface area contributed by atoms with Crippen molar-refractivity contribution in [2.45, 2.75) is 39.3 Å². The van der Waals surface area contributed by atoms with Crippen molar-refractivity contribution in [3.05, 3.63) is 29.2 Å². The molecule has 1 amide bonds. The first kappa shape index (κ1) is 15.7. The fraction of sp³-hybridized carbons (Fsp3) is 0.600. The van der Waals surface area contributed by atoms with Gasteiger partial charge in [-0.3, -0.25) is 14.4 Å². The van der Waals surface area contributed by atoms with Crippen molar-refractivity contribution in [1.82, 2.24) is 30.1 Å². The van der Waals surface area contributed by atoms with Gasteiger partial charge in [-0.25, -0.2) is 0 Å². The van der Waals surface area contributed by atoms with Gasteiger partial charge in [-0.05, 0) is 25.8 Å². The lowest BCUT2D eigenvalue weighted by molar-refractivity contribution is 0.0898. The van der Waals surface area contributed by atoms with Crippen LogP contribution in [0.1, 0.15) is 40.7 Å². The third-order valence-corrected chi connectivity index (χ3v) is 4.09. The molecule has 8 nitrogen and oxygen atoms in total. The molecule has 0 bridgehead atoms. The molecule has 3 heterocycles. The highest BCUT2D eigenvalue weighted by Gasteiger charge is 2.23. The predicted octanol–water partition coefficient (Wildman–Crippen LogP) is 0.814. The first-order valence-corrected chi connectivity index (χ1v) is 7.84. The van der Waals surface area contributed by atoms with Crippen molar-refractivity contribution in [3.63, 3.8) is 0 Å². The Hall–Kier alpha value is -2.22. The van der Waals surface area contributed by atoms with E-state index < -0.39 is 0 Å². The van der Waals surface area contributed by atoms with Crippen molar-refractivity contribution < 1.29 is 9.32 Å². The van der Waals surface area contributed by atoms with Gasteiger partial charge in [0.1, 0.15) is 5.69 Å². The summed E-state index contributed by atoms with van der Waals surface area (Å²) in [4.78, 5) is 18.8. The molecule has 0 aromatic carbocycles. The second-order valence-corrected chi connectivity index (χ2v) is 6.05. The summed E-state index contributed by atoms with van der Waals surface area (Å²) >= 11 is 0. The maximum absolute atomic E-state index is 12.3. The Morgan fingerprint density at radius 1 is 1.39 bits per heavy atom. The lowest BCUT2D eigenvalue weighted by Crippen LogP contribution is -2.44. The molecule has 0 spiro atoms. The van der Waals surface area contributed by atoms with Crippen LogP contribution in [0.4, 0.5) is 0 Å². The molecule has 124 valence electrons. The van der Waals surface area contributed by atoms with Crippen molar-refractivity contribution in [2.24, 2.45) is 7.05 Å². The Bertz CT molecular complexity index is 684. The van der Waals surface area contributed by atoms with E-state index in [4.69, 9.17) is 4.52 Å². The van der Waals surface area contributed by atoms with Crippen LogP contribution in [0, 0.1) is 13.8 Å². The molecule has 1 saturated heterocycles. The quantitative estimate of drug-likeness (QED) is 0.897. The maximum atomic E-state index is 12.3. The van der Waals surface area contributed by atoms with Crippen LogP contribution in [-0.2, 0) is 13.6 Å². The summed E-state index contributed by atoms with van der Waals surface area (Å²) in [5.74, 6) is 1.25. The number of carbonyl (C=O) groups is 1. The van der Waals surface area contributed by atoms with E-state index in [2.05, 4.69) is 25.5 Å². The molecular weight excluding hydrogens is 296 g/mol. The van der Waals surface area contributed by atoms with Gasteiger partial charge in [0.25, 0.3) is 5.91 Å². The SMILES string of the molecule is Cc1cc(C(=O)NC2CCN(Cc3noc(C)n3)CC2)n(C)n1. The number of amides is 1. The second-order valence-electron chi connectivity index (χ2n) is 6.05. The first-order chi connectivity index (χ1) is 11.0. The smallest absolute Gasteiger partial charge is 0.269 e. The molecule has 1 aliphatic heterocycles. The monoisotopic (exact) mass is 318 g/mol. The molecule has 0 atom stereocenters. The zero-order chi connectivity index (χ0) is 16.4. The van der Waals surface area contributed by atoms with Crippen LogP contribution in [-0.4, -0.2) is 49.9 Å². The van der Waals surface area contributed by atoms with Crippen LogP contribution >= 0.6 is 0 Å². The number of nitrogens with one attached hydrogen (secondary N) is 1. The van der Waals surface area contributed by atoms with E-state index in [0.717, 1.165) is 37.4 Å². The maximum Gasteiger partial charge on any atom is 0.269 e. The van der Waals surface area contributed by atoms with Crippen LogP contribution in [0.3, 0.4) is 0 Å². The van der Waals surface area contributed by atoms with E-state index in [1.807, 2.05) is 13.0 Å². The third kappa shape index (κ3) is 3.76. The van der Waals surface area contributed by atoms with Crippen LogP contribution in [0.2, 0.25) is 0 Å². The summed E-state index contributed by atoms with van der Waals surface area (Å²) < 4.78 is 6.61. The minimum absolute atomic E-state index is 0.0552. The second kappa shape index (κ2) is 6.49. The van der Waals surface area contributed by atoms with Crippen LogP contribution in [0.25, 0.3) is 0 Å². The number of hydrogen-bond acceptors (Lipinski definition) is 6. The lowest BCUT2D eigenvalue weighted by Gasteiger charge is -2.31. The number of likely N-dealkylation sites (tertiary alicyclic amines) is 1. The van der Waals surface area contributed by atoms with Gasteiger partial charge < -0.3 is 9.84 Å². The molecule has 0 unspecified atom stereocenters. The van der Waals surface area contributed by atoms with Crippen molar-refractivity contribution in [3.8, 4) is 0 Å². The number of nitrogens with zero attached hydrogens (tertiary/aromatic N) is 5. The molecule has 8 heteroatoms. The summed E-state index contributed by atoms with van der Waals surface area (Å²) in [6.07, 6.45) is 1.83. The molecule has 2 aromatic heterocycles. The number of aryl methyl sites for hydroxylation is 3. The van der Waals surface area contributed by atoms with Crippen LogP contribution in [0.15, 0.2) is 10.6 Å². The molecule has 23 heavy (non-hydrogen) atoms. The molecule has 0 saturated carbocycles. The molecule has 1 N–H and O–H groups in total. The highest BCUT2D eigenvalue weighted by molar-refractivity contribution is 5.92. The van der Waals surface area contributed by atoms with Gasteiger partial charge in [0.05, 0.1) is 12.2 Å². The van der Waals surface area contributed by atoms with Crippen molar-refractivity contribution in [1.29, 1.82) is 0 Å². The van der Waals surface area contributed by atoms with Gasteiger partial charge in [0, 0.05) is 33.1 Å². The van der Waals surface area contributed by atoms with Gasteiger partial charge in [-0.2, -0.15) is 10.1 Å². The van der Waals surface area contributed by atoms with E-state index in [1.165, 1.54) is 0 Å². The number of piperidine rings is 1. The highest BCUT2D eigenvalue weighted by atomic mass is 16.5. The summed E-state index contributed by atoms with van der Waals surface area (Å²) in [5, 5.41) is 11.2. The van der Waals surface area contributed by atoms with E-state index in [9.17, 15) is 4.79 Å². The summed E-state index contributed by atoms with van der Waals surface area (Å²) in [7, 11) is 1.79. The Kier molecular flexibility index (Phi) is 4.42. The minimum atomic E-state index is -0.0552. The fourth-order valence-electron chi connectivity index (χ4n) is 2.92. The standard InChI is InChI=1S/C15H22N6O2/c1-10-8-13(20(3)18-10)15(22)17-12-4-6-21(7-5-12)9-14-16-11(2)23-19-14/h8,12H,4-7,9H2,1-3H3,(H,17,22). The average Bonchev–Trinajstić information content (AvgIpc) is 3.06. The Balaban J connectivity index is 1.49. The zero-order valence-electron chi connectivity index (χ0n) is 13.7. The minimum Gasteiger partial charge on any atom is -0.348 e. The summed E-state index contributed by atoms with van der Waals surface area (Å²) in [6, 6.07) is 2.00. The summed E-state index contributed by atoms with van der Waals surface area (Å²) in [5.41, 5.74) is 1.45. The zero-order valence-corrected chi connectivity index (χ0v) is 13.7. The number of carbonyl (C=O) groups excluding carboxylic acids is 1. The normalized spacial score (nSPS) is 16.7. The topological polar surface area (TPSA) is 89.1 Å².